The van der Waals surface area contributed by atoms with Gasteiger partial charge in [0.15, 0.2) is 0 Å². The van der Waals surface area contributed by atoms with Crippen LogP contribution in [-0.4, -0.2) is 27.6 Å². The number of hydrogen-bond acceptors (Lipinski definition) is 5. The van der Waals surface area contributed by atoms with Crippen LogP contribution in [0.25, 0.3) is 11.5 Å². The molecule has 0 aliphatic carbocycles. The number of hydrogen-bond donors (Lipinski definition) is 0. The number of nitrogens with zero attached hydrogens (tertiary/aromatic N) is 4. The molecule has 126 valence electrons. The molecule has 7 heteroatoms. The summed E-state index contributed by atoms with van der Waals surface area (Å²) >= 11 is 6.30. The van der Waals surface area contributed by atoms with Crippen LogP contribution in [0.1, 0.15) is 23.8 Å². The van der Waals surface area contributed by atoms with Crippen LogP contribution in [0, 0.1) is 6.92 Å². The van der Waals surface area contributed by atoms with E-state index in [-0.39, 0.29) is 11.8 Å². The van der Waals surface area contributed by atoms with Gasteiger partial charge in [0.25, 0.3) is 0 Å². The van der Waals surface area contributed by atoms with Gasteiger partial charge < -0.3 is 9.42 Å². The van der Waals surface area contributed by atoms with Crippen LogP contribution in [0.4, 0.5) is 5.69 Å². The van der Waals surface area contributed by atoms with E-state index in [0.29, 0.717) is 41.1 Å². The first-order valence-electron chi connectivity index (χ1n) is 7.93. The average molecular weight is 355 g/mol. The quantitative estimate of drug-likeness (QED) is 0.718. The number of pyridine rings is 1. The summed E-state index contributed by atoms with van der Waals surface area (Å²) in [6.07, 6.45) is 1.99. The Labute approximate surface area is 149 Å². The molecule has 1 aliphatic heterocycles. The molecule has 0 bridgehead atoms. The largest absolute Gasteiger partial charge is 0.339 e. The van der Waals surface area contributed by atoms with Crippen LogP contribution in [0.5, 0.6) is 0 Å². The van der Waals surface area contributed by atoms with Gasteiger partial charge in [0.2, 0.25) is 17.6 Å². The molecule has 1 unspecified atom stereocenters. The Morgan fingerprint density at radius 2 is 2.16 bits per heavy atom. The van der Waals surface area contributed by atoms with Gasteiger partial charge in [-0.1, -0.05) is 28.9 Å². The highest BCUT2D eigenvalue weighted by molar-refractivity contribution is 6.34. The van der Waals surface area contributed by atoms with Crippen molar-refractivity contribution in [2.24, 2.45) is 0 Å². The van der Waals surface area contributed by atoms with E-state index in [2.05, 4.69) is 15.1 Å². The van der Waals surface area contributed by atoms with Crippen molar-refractivity contribution in [3.8, 4) is 11.5 Å². The maximum atomic E-state index is 12.4. The Morgan fingerprint density at radius 3 is 2.92 bits per heavy atom. The Kier molecular flexibility index (Phi) is 3.97. The summed E-state index contributed by atoms with van der Waals surface area (Å²) in [6.45, 7) is 2.42. The number of aryl methyl sites for hydroxylation is 1. The van der Waals surface area contributed by atoms with Crippen molar-refractivity contribution < 1.29 is 9.32 Å². The third kappa shape index (κ3) is 3.00. The van der Waals surface area contributed by atoms with Crippen molar-refractivity contribution in [2.45, 2.75) is 19.3 Å². The first-order valence-corrected chi connectivity index (χ1v) is 8.31. The normalized spacial score (nSPS) is 17.3. The fourth-order valence-corrected chi connectivity index (χ4v) is 3.27. The van der Waals surface area contributed by atoms with Crippen LogP contribution < -0.4 is 4.90 Å². The highest BCUT2D eigenvalue weighted by Crippen LogP contribution is 2.35. The fraction of sp³-hybridized carbons (Fsp3) is 0.222. The highest BCUT2D eigenvalue weighted by Gasteiger charge is 2.36. The van der Waals surface area contributed by atoms with E-state index in [4.69, 9.17) is 16.1 Å². The van der Waals surface area contributed by atoms with Gasteiger partial charge in [0, 0.05) is 19.2 Å². The van der Waals surface area contributed by atoms with E-state index >= 15 is 0 Å². The zero-order valence-electron chi connectivity index (χ0n) is 13.5. The maximum absolute atomic E-state index is 12.4. The van der Waals surface area contributed by atoms with E-state index in [1.807, 2.05) is 43.3 Å². The summed E-state index contributed by atoms with van der Waals surface area (Å²) in [5.74, 6) is 0.706. The first-order chi connectivity index (χ1) is 12.1. The molecule has 6 nitrogen and oxygen atoms in total. The molecule has 4 rings (SSSR count). The Balaban J connectivity index is 1.57. The zero-order valence-corrected chi connectivity index (χ0v) is 14.3. The van der Waals surface area contributed by atoms with E-state index in [0.717, 1.165) is 5.56 Å². The molecule has 1 aliphatic rings. The predicted octanol–water partition coefficient (Wildman–Crippen LogP) is 3.61. The molecule has 1 aromatic carbocycles. The third-order valence-electron chi connectivity index (χ3n) is 4.20. The second-order valence-electron chi connectivity index (χ2n) is 6.03. The van der Waals surface area contributed by atoms with E-state index in [9.17, 15) is 4.79 Å². The van der Waals surface area contributed by atoms with Crippen LogP contribution in [0.3, 0.4) is 0 Å². The monoisotopic (exact) mass is 354 g/mol. The van der Waals surface area contributed by atoms with Crippen molar-refractivity contribution in [1.29, 1.82) is 0 Å². The van der Waals surface area contributed by atoms with E-state index < -0.39 is 0 Å². The van der Waals surface area contributed by atoms with E-state index in [1.54, 1.807) is 11.1 Å². The minimum atomic E-state index is -0.158. The van der Waals surface area contributed by atoms with E-state index in [1.165, 1.54) is 0 Å². The number of halogens is 1. The summed E-state index contributed by atoms with van der Waals surface area (Å²) in [4.78, 5) is 22.7. The molecule has 2 aromatic heterocycles. The summed E-state index contributed by atoms with van der Waals surface area (Å²) in [7, 11) is 0. The van der Waals surface area contributed by atoms with Crippen LogP contribution in [0.15, 0.2) is 47.1 Å². The van der Waals surface area contributed by atoms with Gasteiger partial charge in [-0.15, -0.1) is 0 Å². The summed E-state index contributed by atoms with van der Waals surface area (Å²) in [5, 5.41) is 4.54. The van der Waals surface area contributed by atoms with Gasteiger partial charge >= 0.3 is 0 Å². The van der Waals surface area contributed by atoms with Gasteiger partial charge in [0.1, 0.15) is 5.69 Å². The average Bonchev–Trinajstić information content (AvgIpc) is 3.23. The SMILES string of the molecule is Cc1ccc(N2CC(c3nc(-c4ccccn4)no3)CC2=O)c(Cl)c1. The molecule has 25 heavy (non-hydrogen) atoms. The topological polar surface area (TPSA) is 72.1 Å². The third-order valence-corrected chi connectivity index (χ3v) is 4.51. The minimum absolute atomic E-state index is 0.00617. The molecule has 0 spiro atoms. The summed E-state index contributed by atoms with van der Waals surface area (Å²) in [6, 6.07) is 11.1. The van der Waals surface area contributed by atoms with Crippen LogP contribution >= 0.6 is 11.6 Å². The van der Waals surface area contributed by atoms with Crippen molar-refractivity contribution in [2.75, 3.05) is 11.4 Å². The molecule has 3 aromatic rings. The fourth-order valence-electron chi connectivity index (χ4n) is 2.94. The number of benzene rings is 1. The molecular weight excluding hydrogens is 340 g/mol. The zero-order chi connectivity index (χ0) is 17.4. The number of carbonyl (C=O) groups excluding carboxylic acids is 1. The molecule has 1 fully saturated rings. The van der Waals surface area contributed by atoms with Crippen molar-refractivity contribution in [3.05, 3.63) is 59.1 Å². The molecule has 3 heterocycles. The lowest BCUT2D eigenvalue weighted by molar-refractivity contribution is -0.117. The van der Waals surface area contributed by atoms with Crippen molar-refractivity contribution in [1.82, 2.24) is 15.1 Å². The minimum Gasteiger partial charge on any atom is -0.339 e. The first kappa shape index (κ1) is 15.8. The Bertz CT molecular complexity index is 926. The van der Waals surface area contributed by atoms with Crippen molar-refractivity contribution in [3.63, 3.8) is 0 Å². The molecule has 1 saturated heterocycles. The van der Waals surface area contributed by atoms with Gasteiger partial charge in [-0.25, -0.2) is 0 Å². The van der Waals surface area contributed by atoms with Crippen LogP contribution in [-0.2, 0) is 4.79 Å². The number of aromatic nitrogens is 3. The Morgan fingerprint density at radius 1 is 1.28 bits per heavy atom. The summed E-state index contributed by atoms with van der Waals surface area (Å²) < 4.78 is 5.37. The molecule has 0 N–H and O–H groups in total. The lowest BCUT2D eigenvalue weighted by Gasteiger charge is -2.18. The highest BCUT2D eigenvalue weighted by atomic mass is 35.5. The van der Waals surface area contributed by atoms with Gasteiger partial charge in [-0.2, -0.15) is 4.98 Å². The molecular formula is C18H15ClN4O2. The van der Waals surface area contributed by atoms with Crippen molar-refractivity contribution >= 4 is 23.2 Å². The molecule has 0 radical (unpaired) electrons. The van der Waals surface area contributed by atoms with Crippen LogP contribution in [0.2, 0.25) is 5.02 Å². The lowest BCUT2D eigenvalue weighted by atomic mass is 10.1. The number of anilines is 1. The maximum Gasteiger partial charge on any atom is 0.232 e. The number of carbonyl (C=O) groups is 1. The standard InChI is InChI=1S/C18H15ClN4O2/c1-11-5-6-15(13(19)8-11)23-10-12(9-16(23)24)18-21-17(22-25-18)14-4-2-3-7-20-14/h2-8,12H,9-10H2,1H3. The predicted molar refractivity (Wildman–Crippen MR) is 93.4 cm³/mol. The summed E-state index contributed by atoms with van der Waals surface area (Å²) in [5.41, 5.74) is 2.40. The molecule has 0 saturated carbocycles. The Hall–Kier alpha value is -2.73. The lowest BCUT2D eigenvalue weighted by Crippen LogP contribution is -2.24. The number of rotatable bonds is 3. The molecule has 1 amide bonds. The smallest absolute Gasteiger partial charge is 0.232 e. The van der Waals surface area contributed by atoms with Gasteiger partial charge in [-0.3, -0.25) is 9.78 Å². The van der Waals surface area contributed by atoms with Gasteiger partial charge in [0.05, 0.1) is 16.6 Å². The second-order valence-corrected chi connectivity index (χ2v) is 6.44. The molecule has 1 atom stereocenters. The van der Waals surface area contributed by atoms with Gasteiger partial charge in [-0.05, 0) is 36.8 Å². The number of amides is 1. The second kappa shape index (κ2) is 6.29.